The minimum absolute atomic E-state index is 0.156. The molecule has 1 aromatic heterocycles. The Balaban J connectivity index is 2.02. The Morgan fingerprint density at radius 1 is 1.53 bits per heavy atom. The molecule has 1 aromatic carbocycles. The summed E-state index contributed by atoms with van der Waals surface area (Å²) < 4.78 is 18.2. The second-order valence-electron chi connectivity index (χ2n) is 3.55. The largest absolute Gasteiger partial charge is 0.494 e. The molecule has 0 aliphatic rings. The SMILES string of the molecule is COc1ccc(C=CC(=O)Nc2ncn[nH]2)cc1F. The first-order valence-corrected chi connectivity index (χ1v) is 5.37. The van der Waals surface area contributed by atoms with E-state index in [1.165, 1.54) is 37.7 Å². The van der Waals surface area contributed by atoms with Crippen LogP contribution < -0.4 is 10.1 Å². The van der Waals surface area contributed by atoms with Gasteiger partial charge in [0.1, 0.15) is 6.33 Å². The van der Waals surface area contributed by atoms with E-state index in [9.17, 15) is 9.18 Å². The summed E-state index contributed by atoms with van der Waals surface area (Å²) in [5.74, 6) is -0.480. The Morgan fingerprint density at radius 2 is 2.37 bits per heavy atom. The number of ether oxygens (including phenoxy) is 1. The Labute approximate surface area is 108 Å². The van der Waals surface area contributed by atoms with E-state index in [2.05, 4.69) is 20.5 Å². The molecule has 1 heterocycles. The minimum atomic E-state index is -0.486. The fraction of sp³-hybridized carbons (Fsp3) is 0.0833. The van der Waals surface area contributed by atoms with Gasteiger partial charge in [0.2, 0.25) is 5.95 Å². The van der Waals surface area contributed by atoms with Crippen LogP contribution in [0.5, 0.6) is 5.75 Å². The third-order valence-corrected chi connectivity index (χ3v) is 2.26. The van der Waals surface area contributed by atoms with Gasteiger partial charge in [0.25, 0.3) is 5.91 Å². The van der Waals surface area contributed by atoms with Gasteiger partial charge in [-0.15, -0.1) is 0 Å². The standard InChI is InChI=1S/C12H11FN4O2/c1-19-10-4-2-8(6-9(10)13)3-5-11(18)16-12-14-7-15-17-12/h2-7H,1H3,(H2,14,15,16,17,18). The van der Waals surface area contributed by atoms with Gasteiger partial charge < -0.3 is 4.74 Å². The molecule has 0 fully saturated rings. The lowest BCUT2D eigenvalue weighted by molar-refractivity contribution is -0.111. The molecule has 2 N–H and O–H groups in total. The summed E-state index contributed by atoms with van der Waals surface area (Å²) in [6.07, 6.45) is 4.02. The zero-order valence-corrected chi connectivity index (χ0v) is 10.1. The van der Waals surface area contributed by atoms with E-state index in [1.54, 1.807) is 6.07 Å². The number of rotatable bonds is 4. The van der Waals surface area contributed by atoms with Crippen LogP contribution in [0.15, 0.2) is 30.6 Å². The number of amides is 1. The van der Waals surface area contributed by atoms with Gasteiger partial charge in [0.15, 0.2) is 11.6 Å². The molecule has 1 amide bonds. The first-order valence-electron chi connectivity index (χ1n) is 5.37. The first-order chi connectivity index (χ1) is 9.19. The van der Waals surface area contributed by atoms with Gasteiger partial charge in [0, 0.05) is 6.08 Å². The second-order valence-corrected chi connectivity index (χ2v) is 3.55. The van der Waals surface area contributed by atoms with Gasteiger partial charge >= 0.3 is 0 Å². The van der Waals surface area contributed by atoms with Crippen LogP contribution in [0, 0.1) is 5.82 Å². The highest BCUT2D eigenvalue weighted by Crippen LogP contribution is 2.18. The topological polar surface area (TPSA) is 79.9 Å². The molecule has 6 nitrogen and oxygen atoms in total. The van der Waals surface area contributed by atoms with Crippen molar-refractivity contribution in [1.29, 1.82) is 0 Å². The maximum absolute atomic E-state index is 13.4. The number of halogens is 1. The van der Waals surface area contributed by atoms with E-state index in [4.69, 9.17) is 4.74 Å². The van der Waals surface area contributed by atoms with Crippen molar-refractivity contribution >= 4 is 17.9 Å². The third-order valence-electron chi connectivity index (χ3n) is 2.26. The normalized spacial score (nSPS) is 10.6. The highest BCUT2D eigenvalue weighted by Gasteiger charge is 2.03. The number of hydrogen-bond donors (Lipinski definition) is 2. The molecule has 0 saturated heterocycles. The van der Waals surface area contributed by atoms with Gasteiger partial charge in [-0.3, -0.25) is 10.1 Å². The van der Waals surface area contributed by atoms with Crippen LogP contribution in [0.3, 0.4) is 0 Å². The lowest BCUT2D eigenvalue weighted by Gasteiger charge is -2.01. The number of carbonyl (C=O) groups is 1. The Morgan fingerprint density at radius 3 is 3.00 bits per heavy atom. The minimum Gasteiger partial charge on any atom is -0.494 e. The van der Waals surface area contributed by atoms with Crippen molar-refractivity contribution in [1.82, 2.24) is 15.2 Å². The maximum Gasteiger partial charge on any atom is 0.250 e. The molecule has 0 spiro atoms. The maximum atomic E-state index is 13.4. The average Bonchev–Trinajstić information content (AvgIpc) is 2.89. The number of benzene rings is 1. The van der Waals surface area contributed by atoms with Gasteiger partial charge in [0.05, 0.1) is 7.11 Å². The predicted octanol–water partition coefficient (Wildman–Crippen LogP) is 1.60. The molecule has 0 radical (unpaired) electrons. The first kappa shape index (κ1) is 12.7. The summed E-state index contributed by atoms with van der Waals surface area (Å²) in [5.41, 5.74) is 0.547. The van der Waals surface area contributed by atoms with Crippen molar-refractivity contribution in [2.24, 2.45) is 0 Å². The number of carbonyl (C=O) groups excluding carboxylic acids is 1. The van der Waals surface area contributed by atoms with Crippen LogP contribution in [-0.4, -0.2) is 28.2 Å². The van der Waals surface area contributed by atoms with E-state index in [0.717, 1.165) is 0 Å². The number of hydrogen-bond acceptors (Lipinski definition) is 4. The highest BCUT2D eigenvalue weighted by molar-refractivity contribution is 6.00. The summed E-state index contributed by atoms with van der Waals surface area (Å²) in [4.78, 5) is 15.2. The van der Waals surface area contributed by atoms with Crippen LogP contribution in [0.2, 0.25) is 0 Å². The number of anilines is 1. The number of aromatic nitrogens is 3. The molecule has 7 heteroatoms. The molecule has 0 bridgehead atoms. The highest BCUT2D eigenvalue weighted by atomic mass is 19.1. The molecule has 0 unspecified atom stereocenters. The fourth-order valence-corrected chi connectivity index (χ4v) is 1.38. The van der Waals surface area contributed by atoms with Crippen molar-refractivity contribution in [2.45, 2.75) is 0 Å². The lowest BCUT2D eigenvalue weighted by atomic mass is 10.2. The molecule has 0 saturated carbocycles. The predicted molar refractivity (Wildman–Crippen MR) is 67.0 cm³/mol. The summed E-state index contributed by atoms with van der Waals surface area (Å²) in [6.45, 7) is 0. The Kier molecular flexibility index (Phi) is 3.87. The molecule has 98 valence electrons. The van der Waals surface area contributed by atoms with E-state index in [1.807, 2.05) is 0 Å². The van der Waals surface area contributed by atoms with E-state index in [-0.39, 0.29) is 11.7 Å². The lowest BCUT2D eigenvalue weighted by Crippen LogP contribution is -2.08. The molecule has 2 rings (SSSR count). The number of aromatic amines is 1. The van der Waals surface area contributed by atoms with E-state index in [0.29, 0.717) is 5.56 Å². The fourth-order valence-electron chi connectivity index (χ4n) is 1.38. The molecular formula is C12H11FN4O2. The Bertz CT molecular complexity index is 596. The van der Waals surface area contributed by atoms with Crippen molar-refractivity contribution in [3.63, 3.8) is 0 Å². The molecule has 0 atom stereocenters. The van der Waals surface area contributed by atoms with Gasteiger partial charge in [-0.2, -0.15) is 10.1 Å². The van der Waals surface area contributed by atoms with Crippen LogP contribution in [0.4, 0.5) is 10.3 Å². The molecule has 0 aliphatic heterocycles. The molecule has 19 heavy (non-hydrogen) atoms. The van der Waals surface area contributed by atoms with Crippen LogP contribution in [0.1, 0.15) is 5.56 Å². The zero-order valence-electron chi connectivity index (χ0n) is 10.1. The van der Waals surface area contributed by atoms with Crippen LogP contribution in [-0.2, 0) is 4.79 Å². The van der Waals surface area contributed by atoms with Gasteiger partial charge in [-0.1, -0.05) is 6.07 Å². The van der Waals surface area contributed by atoms with E-state index >= 15 is 0 Å². The smallest absolute Gasteiger partial charge is 0.250 e. The summed E-state index contributed by atoms with van der Waals surface area (Å²) >= 11 is 0. The van der Waals surface area contributed by atoms with Crippen molar-refractivity contribution < 1.29 is 13.9 Å². The molecule has 0 aliphatic carbocycles. The van der Waals surface area contributed by atoms with E-state index < -0.39 is 11.7 Å². The number of H-pyrrole nitrogens is 1. The average molecular weight is 262 g/mol. The Hall–Kier alpha value is -2.70. The molecule has 2 aromatic rings. The van der Waals surface area contributed by atoms with Crippen LogP contribution in [0.25, 0.3) is 6.08 Å². The van der Waals surface area contributed by atoms with Gasteiger partial charge in [-0.25, -0.2) is 9.49 Å². The third kappa shape index (κ3) is 3.38. The quantitative estimate of drug-likeness (QED) is 0.820. The second kappa shape index (κ2) is 5.76. The number of nitrogens with zero attached hydrogens (tertiary/aromatic N) is 2. The van der Waals surface area contributed by atoms with Crippen molar-refractivity contribution in [2.75, 3.05) is 12.4 Å². The van der Waals surface area contributed by atoms with Crippen LogP contribution >= 0.6 is 0 Å². The number of nitrogens with one attached hydrogen (secondary N) is 2. The summed E-state index contributed by atoms with van der Waals surface area (Å²) in [5, 5.41) is 8.53. The van der Waals surface area contributed by atoms with Crippen molar-refractivity contribution in [3.05, 3.63) is 42.0 Å². The van der Waals surface area contributed by atoms with Gasteiger partial charge in [-0.05, 0) is 23.8 Å². The monoisotopic (exact) mass is 262 g/mol. The molecular weight excluding hydrogens is 251 g/mol. The number of methoxy groups -OCH3 is 1. The summed E-state index contributed by atoms with van der Waals surface area (Å²) in [7, 11) is 1.39. The van der Waals surface area contributed by atoms with Crippen molar-refractivity contribution in [3.8, 4) is 5.75 Å². The summed E-state index contributed by atoms with van der Waals surface area (Å²) in [6, 6.07) is 4.40. The zero-order chi connectivity index (χ0) is 13.7.